The summed E-state index contributed by atoms with van der Waals surface area (Å²) in [6.07, 6.45) is -2.17. The van der Waals surface area contributed by atoms with Crippen molar-refractivity contribution < 1.29 is 14.8 Å². The third kappa shape index (κ3) is 2.38. The molecule has 0 aliphatic heterocycles. The summed E-state index contributed by atoms with van der Waals surface area (Å²) in [5, 5.41) is 19.2. The number of nitrogens with zero attached hydrogens (tertiary/aromatic N) is 1. The number of ketones is 1. The Labute approximate surface area is 86.5 Å². The summed E-state index contributed by atoms with van der Waals surface area (Å²) in [5.41, 5.74) is 1.77. The fourth-order valence-corrected chi connectivity index (χ4v) is 1.32. The number of Topliss-reactive ketones (excluding diaryl/α,β-unsaturated/α-hetero) is 1. The van der Waals surface area contributed by atoms with Crippen LogP contribution in [0.2, 0.25) is 0 Å². The quantitative estimate of drug-likeness (QED) is 0.349. The summed E-state index contributed by atoms with van der Waals surface area (Å²) in [4.78, 5) is 20.6. The van der Waals surface area contributed by atoms with Crippen LogP contribution in [0.25, 0.3) is 0 Å². The highest BCUT2D eigenvalue weighted by Gasteiger charge is 2.28. The van der Waals surface area contributed by atoms with E-state index in [2.05, 4.69) is 0 Å². The summed E-state index contributed by atoms with van der Waals surface area (Å²) in [7, 11) is 0. The maximum Gasteiger partial charge on any atom is 0.377 e. The largest absolute Gasteiger partial charge is 0.377 e. The number of carbonyl (C=O) groups is 1. The van der Waals surface area contributed by atoms with Crippen LogP contribution in [-0.4, -0.2) is 22.0 Å². The molecule has 1 atom stereocenters. The highest BCUT2D eigenvalue weighted by atomic mass is 16.7. The first-order chi connectivity index (χ1) is 6.93. The fraction of sp³-hybridized carbons (Fsp3) is 0.300. The van der Waals surface area contributed by atoms with Gasteiger partial charge in [0.15, 0.2) is 0 Å². The van der Waals surface area contributed by atoms with Crippen molar-refractivity contribution in [3.8, 4) is 0 Å². The van der Waals surface area contributed by atoms with Crippen molar-refractivity contribution in [3.63, 3.8) is 0 Å². The molecule has 0 spiro atoms. The van der Waals surface area contributed by atoms with Crippen LogP contribution in [-0.2, 0) is 0 Å². The lowest BCUT2D eigenvalue weighted by Crippen LogP contribution is -2.29. The second-order valence-electron chi connectivity index (χ2n) is 3.34. The van der Waals surface area contributed by atoms with E-state index in [0.29, 0.717) is 5.56 Å². The molecular formula is C10H11NO4. The third-order valence-electron chi connectivity index (χ3n) is 2.08. The number of aliphatic hydroxyl groups excluding tert-OH is 1. The second-order valence-corrected chi connectivity index (χ2v) is 3.34. The zero-order valence-corrected chi connectivity index (χ0v) is 8.43. The van der Waals surface area contributed by atoms with E-state index < -0.39 is 16.9 Å². The van der Waals surface area contributed by atoms with Gasteiger partial charge in [-0.3, -0.25) is 14.9 Å². The van der Waals surface area contributed by atoms with Crippen LogP contribution >= 0.6 is 0 Å². The number of nitro groups is 1. The Morgan fingerprint density at radius 1 is 1.47 bits per heavy atom. The molecule has 1 aromatic carbocycles. The van der Waals surface area contributed by atoms with Crippen LogP contribution in [0.5, 0.6) is 0 Å². The predicted molar refractivity (Wildman–Crippen MR) is 53.2 cm³/mol. The van der Waals surface area contributed by atoms with Gasteiger partial charge >= 0.3 is 6.23 Å². The second kappa shape index (κ2) is 4.18. The van der Waals surface area contributed by atoms with Gasteiger partial charge in [0, 0.05) is 5.56 Å². The normalized spacial score (nSPS) is 12.2. The van der Waals surface area contributed by atoms with Crippen LogP contribution in [0.1, 0.15) is 21.5 Å². The molecule has 0 radical (unpaired) electrons. The molecule has 5 nitrogen and oxygen atoms in total. The van der Waals surface area contributed by atoms with Gasteiger partial charge in [-0.05, 0) is 19.4 Å². The van der Waals surface area contributed by atoms with Gasteiger partial charge in [0.25, 0.3) is 5.78 Å². The van der Waals surface area contributed by atoms with E-state index in [1.165, 1.54) is 6.07 Å². The monoisotopic (exact) mass is 209 g/mol. The summed E-state index contributed by atoms with van der Waals surface area (Å²) in [6, 6.07) is 4.90. The summed E-state index contributed by atoms with van der Waals surface area (Å²) in [6.45, 7) is 3.53. The molecule has 0 aliphatic carbocycles. The first kappa shape index (κ1) is 11.3. The van der Waals surface area contributed by atoms with Crippen molar-refractivity contribution in [1.29, 1.82) is 0 Å². The zero-order valence-electron chi connectivity index (χ0n) is 8.43. The van der Waals surface area contributed by atoms with Gasteiger partial charge < -0.3 is 5.11 Å². The van der Waals surface area contributed by atoms with E-state index in [1.807, 2.05) is 6.92 Å². The molecule has 1 N–H and O–H groups in total. The topological polar surface area (TPSA) is 80.4 Å². The first-order valence-corrected chi connectivity index (χ1v) is 4.36. The molecular weight excluding hydrogens is 198 g/mol. The van der Waals surface area contributed by atoms with Gasteiger partial charge in [0.05, 0.1) is 4.92 Å². The molecule has 0 bridgehead atoms. The Morgan fingerprint density at radius 3 is 2.53 bits per heavy atom. The fourth-order valence-electron chi connectivity index (χ4n) is 1.32. The molecule has 1 rings (SSSR count). The molecule has 0 saturated heterocycles. The van der Waals surface area contributed by atoms with Gasteiger partial charge in [-0.1, -0.05) is 23.8 Å². The number of benzene rings is 1. The van der Waals surface area contributed by atoms with Crippen molar-refractivity contribution in [1.82, 2.24) is 0 Å². The van der Waals surface area contributed by atoms with Gasteiger partial charge in [0.1, 0.15) is 0 Å². The Balaban J connectivity index is 3.07. The average Bonchev–Trinajstić information content (AvgIpc) is 2.15. The van der Waals surface area contributed by atoms with Crippen LogP contribution in [0, 0.1) is 24.0 Å². The first-order valence-electron chi connectivity index (χ1n) is 4.36. The third-order valence-corrected chi connectivity index (χ3v) is 2.08. The van der Waals surface area contributed by atoms with E-state index in [1.54, 1.807) is 19.1 Å². The average molecular weight is 209 g/mol. The highest BCUT2D eigenvalue weighted by Crippen LogP contribution is 2.12. The van der Waals surface area contributed by atoms with Crippen LogP contribution < -0.4 is 0 Å². The lowest BCUT2D eigenvalue weighted by atomic mass is 10.0. The van der Waals surface area contributed by atoms with Crippen molar-refractivity contribution in [2.24, 2.45) is 0 Å². The molecule has 0 fully saturated rings. The lowest BCUT2D eigenvalue weighted by molar-refractivity contribution is -0.550. The summed E-state index contributed by atoms with van der Waals surface area (Å²) >= 11 is 0. The van der Waals surface area contributed by atoms with Gasteiger partial charge in [0.2, 0.25) is 0 Å². The van der Waals surface area contributed by atoms with Crippen LogP contribution in [0.4, 0.5) is 0 Å². The van der Waals surface area contributed by atoms with Crippen molar-refractivity contribution in [2.75, 3.05) is 0 Å². The molecule has 0 amide bonds. The Morgan fingerprint density at radius 2 is 2.07 bits per heavy atom. The molecule has 0 heterocycles. The number of hydrogen-bond acceptors (Lipinski definition) is 4. The standard InChI is InChI=1S/C10H11NO4/c1-6-3-4-8(7(2)5-6)9(12)10(13)11(14)15/h3-5,10,13H,1-2H3. The van der Waals surface area contributed by atoms with Crippen molar-refractivity contribution in [2.45, 2.75) is 20.1 Å². The molecule has 1 unspecified atom stereocenters. The highest BCUT2D eigenvalue weighted by molar-refractivity contribution is 5.99. The smallest absolute Gasteiger partial charge is 0.327 e. The number of aryl methyl sites for hydroxylation is 2. The Hall–Kier alpha value is -1.75. The van der Waals surface area contributed by atoms with E-state index in [9.17, 15) is 14.9 Å². The molecule has 15 heavy (non-hydrogen) atoms. The summed E-state index contributed by atoms with van der Waals surface area (Å²) in [5.74, 6) is -0.877. The van der Waals surface area contributed by atoms with Gasteiger partial charge in [-0.2, -0.15) is 0 Å². The van der Waals surface area contributed by atoms with E-state index >= 15 is 0 Å². The van der Waals surface area contributed by atoms with Crippen LogP contribution in [0.3, 0.4) is 0 Å². The lowest BCUT2D eigenvalue weighted by Gasteiger charge is -2.05. The predicted octanol–water partition coefficient (Wildman–Crippen LogP) is 1.08. The minimum atomic E-state index is -2.17. The molecule has 80 valence electrons. The number of rotatable bonds is 3. The summed E-state index contributed by atoms with van der Waals surface area (Å²) < 4.78 is 0. The number of hydrogen-bond donors (Lipinski definition) is 1. The van der Waals surface area contributed by atoms with E-state index in [0.717, 1.165) is 5.56 Å². The van der Waals surface area contributed by atoms with Crippen LogP contribution in [0.15, 0.2) is 18.2 Å². The Kier molecular flexibility index (Phi) is 3.16. The van der Waals surface area contributed by atoms with Crippen molar-refractivity contribution >= 4 is 5.78 Å². The van der Waals surface area contributed by atoms with E-state index in [-0.39, 0.29) is 5.56 Å². The maximum absolute atomic E-state index is 11.4. The molecule has 5 heteroatoms. The molecule has 0 aliphatic rings. The molecule has 0 saturated carbocycles. The maximum atomic E-state index is 11.4. The number of aliphatic hydroxyl groups is 1. The van der Waals surface area contributed by atoms with Gasteiger partial charge in [-0.25, -0.2) is 0 Å². The zero-order chi connectivity index (χ0) is 11.6. The molecule has 0 aromatic heterocycles. The minimum Gasteiger partial charge on any atom is -0.327 e. The van der Waals surface area contributed by atoms with Crippen molar-refractivity contribution in [3.05, 3.63) is 45.0 Å². The minimum absolute atomic E-state index is 0.185. The SMILES string of the molecule is Cc1ccc(C(=O)C(O)[N+](=O)[O-])c(C)c1. The van der Waals surface area contributed by atoms with E-state index in [4.69, 9.17) is 5.11 Å². The molecule has 1 aromatic rings. The Bertz CT molecular complexity index is 414. The van der Waals surface area contributed by atoms with Gasteiger partial charge in [-0.15, -0.1) is 0 Å². The number of carbonyl (C=O) groups excluding carboxylic acids is 1.